The maximum atomic E-state index is 12.9. The van der Waals surface area contributed by atoms with Crippen LogP contribution in [-0.2, 0) is 19.2 Å². The summed E-state index contributed by atoms with van der Waals surface area (Å²) in [5.74, 6) is -2.92. The third-order valence-electron chi connectivity index (χ3n) is 6.52. The van der Waals surface area contributed by atoms with Crippen molar-refractivity contribution in [1.82, 2.24) is 15.7 Å². The first-order valence-electron chi connectivity index (χ1n) is 12.4. The van der Waals surface area contributed by atoms with Gasteiger partial charge in [0.25, 0.3) is 0 Å². The molecule has 9 nitrogen and oxygen atoms in total. The molecule has 0 heterocycles. The number of allylic oxidation sites excluding steroid dienone is 3. The maximum absolute atomic E-state index is 12.9. The monoisotopic (exact) mass is 499 g/mol. The van der Waals surface area contributed by atoms with E-state index in [-0.39, 0.29) is 37.4 Å². The van der Waals surface area contributed by atoms with Gasteiger partial charge >= 0.3 is 5.97 Å². The lowest BCUT2D eigenvalue weighted by Crippen LogP contribution is -2.43. The Bertz CT molecular complexity index is 1000. The van der Waals surface area contributed by atoms with Crippen molar-refractivity contribution < 1.29 is 29.5 Å². The van der Waals surface area contributed by atoms with Gasteiger partial charge in [-0.15, -0.1) is 0 Å². The predicted molar refractivity (Wildman–Crippen MR) is 136 cm³/mol. The number of unbranched alkanes of at least 4 members (excludes halogenated alkanes) is 2. The molecule has 2 rings (SSSR count). The van der Waals surface area contributed by atoms with Gasteiger partial charge in [0.2, 0.25) is 18.2 Å². The van der Waals surface area contributed by atoms with Crippen LogP contribution in [-0.4, -0.2) is 52.8 Å². The van der Waals surface area contributed by atoms with Crippen molar-refractivity contribution >= 4 is 29.8 Å². The summed E-state index contributed by atoms with van der Waals surface area (Å²) in [6.45, 7) is 5.47. The number of amides is 3. The van der Waals surface area contributed by atoms with E-state index >= 15 is 0 Å². The van der Waals surface area contributed by atoms with Crippen molar-refractivity contribution in [2.24, 2.45) is 11.8 Å². The number of hydrogen-bond acceptors (Lipinski definition) is 5. The van der Waals surface area contributed by atoms with Crippen molar-refractivity contribution in [1.29, 1.82) is 0 Å². The van der Waals surface area contributed by atoms with Crippen LogP contribution < -0.4 is 10.6 Å². The van der Waals surface area contributed by atoms with Crippen LogP contribution in [0.2, 0.25) is 0 Å². The van der Waals surface area contributed by atoms with Crippen LogP contribution in [0.15, 0.2) is 42.0 Å². The van der Waals surface area contributed by atoms with Crippen molar-refractivity contribution in [3.8, 4) is 0 Å². The quantitative estimate of drug-likeness (QED) is 0.0959. The largest absolute Gasteiger partial charge is 0.481 e. The minimum Gasteiger partial charge on any atom is -0.481 e. The van der Waals surface area contributed by atoms with Gasteiger partial charge in [-0.05, 0) is 36.5 Å². The zero-order valence-electron chi connectivity index (χ0n) is 21.2. The summed E-state index contributed by atoms with van der Waals surface area (Å²) in [7, 11) is 0. The summed E-state index contributed by atoms with van der Waals surface area (Å²) in [5, 5.41) is 24.7. The minimum atomic E-state index is -0.898. The van der Waals surface area contributed by atoms with Gasteiger partial charge in [0.1, 0.15) is 0 Å². The number of rotatable bonds is 15. The molecule has 0 fully saturated rings. The van der Waals surface area contributed by atoms with Gasteiger partial charge < -0.3 is 15.7 Å². The third-order valence-corrected chi connectivity index (χ3v) is 6.52. The summed E-state index contributed by atoms with van der Waals surface area (Å²) in [6, 6.07) is 7.36. The number of hydrogen-bond donors (Lipinski definition) is 4. The molecule has 9 heteroatoms. The molecule has 0 bridgehead atoms. The van der Waals surface area contributed by atoms with Gasteiger partial charge in [-0.1, -0.05) is 69.5 Å². The Balaban J connectivity index is 1.98. The second-order valence-corrected chi connectivity index (χ2v) is 9.03. The maximum Gasteiger partial charge on any atom is 0.310 e. The van der Waals surface area contributed by atoms with Gasteiger partial charge in [-0.2, -0.15) is 0 Å². The molecule has 0 saturated carbocycles. The fraction of sp³-hybridized carbons (Fsp3) is 0.481. The predicted octanol–water partition coefficient (Wildman–Crippen LogP) is 3.46. The number of hydroxylamine groups is 2. The Labute approximate surface area is 212 Å². The molecule has 3 amide bonds. The first-order valence-corrected chi connectivity index (χ1v) is 12.4. The second kappa shape index (κ2) is 14.2. The number of nitrogens with zero attached hydrogens (tertiary/aromatic N) is 1. The molecule has 1 aliphatic rings. The van der Waals surface area contributed by atoms with Crippen LogP contribution in [0.1, 0.15) is 69.9 Å². The first kappa shape index (κ1) is 28.8. The lowest BCUT2D eigenvalue weighted by Gasteiger charge is -2.21. The lowest BCUT2D eigenvalue weighted by atomic mass is 9.86. The second-order valence-electron chi connectivity index (χ2n) is 9.03. The molecular formula is C27H37N3O6. The van der Waals surface area contributed by atoms with Crippen LogP contribution in [0, 0.1) is 11.8 Å². The number of carbonyl (C=O) groups is 4. The molecule has 1 aromatic rings. The third kappa shape index (κ3) is 7.78. The Hall–Kier alpha value is -3.46. The lowest BCUT2D eigenvalue weighted by molar-refractivity contribution is -0.154. The Morgan fingerprint density at radius 1 is 1.14 bits per heavy atom. The Morgan fingerprint density at radius 3 is 2.53 bits per heavy atom. The van der Waals surface area contributed by atoms with E-state index in [1.54, 1.807) is 19.1 Å². The molecule has 196 valence electrons. The molecule has 3 atom stereocenters. The van der Waals surface area contributed by atoms with E-state index < -0.39 is 17.8 Å². The van der Waals surface area contributed by atoms with Gasteiger partial charge in [0.15, 0.2) is 0 Å². The van der Waals surface area contributed by atoms with Gasteiger partial charge in [0, 0.05) is 11.5 Å². The van der Waals surface area contributed by atoms with E-state index in [1.165, 1.54) is 0 Å². The fourth-order valence-corrected chi connectivity index (χ4v) is 4.35. The summed E-state index contributed by atoms with van der Waals surface area (Å²) >= 11 is 0. The van der Waals surface area contributed by atoms with E-state index in [1.807, 2.05) is 38.1 Å². The zero-order chi connectivity index (χ0) is 26.7. The summed E-state index contributed by atoms with van der Waals surface area (Å²) in [4.78, 5) is 47.7. The highest BCUT2D eigenvalue weighted by Crippen LogP contribution is 2.37. The molecule has 0 aromatic heterocycles. The number of nitrogens with one attached hydrogen (secondary N) is 2. The van der Waals surface area contributed by atoms with E-state index in [4.69, 9.17) is 0 Å². The Morgan fingerprint density at radius 2 is 1.89 bits per heavy atom. The van der Waals surface area contributed by atoms with Crippen molar-refractivity contribution in [3.63, 3.8) is 0 Å². The summed E-state index contributed by atoms with van der Waals surface area (Å²) < 4.78 is 0. The van der Waals surface area contributed by atoms with Crippen molar-refractivity contribution in [3.05, 3.63) is 53.1 Å². The molecule has 4 N–H and O–H groups in total. The molecule has 1 aromatic carbocycles. The van der Waals surface area contributed by atoms with Gasteiger partial charge in [0.05, 0.1) is 25.0 Å². The zero-order valence-corrected chi connectivity index (χ0v) is 21.2. The molecule has 1 aliphatic carbocycles. The van der Waals surface area contributed by atoms with E-state index in [9.17, 15) is 29.5 Å². The summed E-state index contributed by atoms with van der Waals surface area (Å²) in [6.07, 6.45) is 7.81. The van der Waals surface area contributed by atoms with Crippen LogP contribution in [0.25, 0.3) is 5.57 Å². The highest BCUT2D eigenvalue weighted by Gasteiger charge is 2.28. The summed E-state index contributed by atoms with van der Waals surface area (Å²) in [5.41, 5.74) is 3.08. The van der Waals surface area contributed by atoms with E-state index in [2.05, 4.69) is 10.6 Å². The minimum absolute atomic E-state index is 0.0802. The molecule has 0 aliphatic heterocycles. The highest BCUT2D eigenvalue weighted by atomic mass is 16.5. The topological polar surface area (TPSA) is 136 Å². The van der Waals surface area contributed by atoms with Crippen LogP contribution >= 0.6 is 0 Å². The molecule has 0 radical (unpaired) electrons. The standard InChI is InChI=1S/C27H37N3O6/c1-4-6-7-9-21(15-30(36)17-31)25(32)28-16-29-26(33)24-13-12-23(22(24)5-2)20-11-8-10-19(14-20)18(3)27(34)35/h8,10-14,17-18,21-22,36H,4-7,9,15-16H2,1-3H3,(H,28,32)(H,29,33)(H,34,35). The van der Waals surface area contributed by atoms with Crippen LogP contribution in [0.3, 0.4) is 0 Å². The average Bonchev–Trinajstić information content (AvgIpc) is 3.31. The van der Waals surface area contributed by atoms with Gasteiger partial charge in [-0.25, -0.2) is 5.06 Å². The normalized spacial score (nSPS) is 16.4. The SMILES string of the molecule is CCCCCC(CN(O)C=O)C(=O)NCNC(=O)C1=CC=C(c2cccc(C(C)C(=O)O)c2)C1CC. The number of carboxylic acid groups (broad SMARTS) is 1. The molecule has 0 saturated heterocycles. The van der Waals surface area contributed by atoms with Crippen LogP contribution in [0.4, 0.5) is 0 Å². The highest BCUT2D eigenvalue weighted by molar-refractivity contribution is 5.99. The molecule has 3 unspecified atom stereocenters. The molecular weight excluding hydrogens is 462 g/mol. The Kier molecular flexibility index (Phi) is 11.3. The van der Waals surface area contributed by atoms with Gasteiger partial charge in [-0.3, -0.25) is 24.4 Å². The van der Waals surface area contributed by atoms with E-state index in [0.29, 0.717) is 29.0 Å². The van der Waals surface area contributed by atoms with Crippen molar-refractivity contribution in [2.45, 2.75) is 58.8 Å². The fourth-order valence-electron chi connectivity index (χ4n) is 4.35. The number of carbonyl (C=O) groups excluding carboxylic acids is 3. The average molecular weight is 500 g/mol. The molecule has 0 spiro atoms. The molecule has 36 heavy (non-hydrogen) atoms. The number of benzene rings is 1. The van der Waals surface area contributed by atoms with Crippen molar-refractivity contribution in [2.75, 3.05) is 13.2 Å². The number of carboxylic acids is 1. The van der Waals surface area contributed by atoms with E-state index in [0.717, 1.165) is 30.4 Å². The smallest absolute Gasteiger partial charge is 0.310 e. The van der Waals surface area contributed by atoms with Crippen LogP contribution in [0.5, 0.6) is 0 Å². The first-order chi connectivity index (χ1) is 17.2. The number of aliphatic carboxylic acids is 1.